The van der Waals surface area contributed by atoms with Crippen LogP contribution in [0, 0.1) is 6.92 Å². The van der Waals surface area contributed by atoms with E-state index < -0.39 is 5.91 Å². The van der Waals surface area contributed by atoms with Gasteiger partial charge in [-0.3, -0.25) is 4.79 Å². The van der Waals surface area contributed by atoms with Gasteiger partial charge in [-0.05, 0) is 68.5 Å². The number of hydrogen-bond donors (Lipinski definition) is 1. The highest BCUT2D eigenvalue weighted by Crippen LogP contribution is 2.33. The molecule has 2 N–H and O–H groups in total. The van der Waals surface area contributed by atoms with Crippen molar-refractivity contribution < 1.29 is 4.79 Å². The van der Waals surface area contributed by atoms with Crippen LogP contribution in [0.25, 0.3) is 21.9 Å². The standard InChI is InChI=1S/C22H24N4O/c1-14-6-3-4-11-26(14)22-19-10-9-17(13-20(19)15(2)24-25-22)16-7-5-8-18(12-16)21(23)27/h5,7-10,12-14H,3-4,6,11H2,1-2H3,(H2,23,27)/t14-/m1/s1. The second kappa shape index (κ2) is 6.99. The van der Waals surface area contributed by atoms with Gasteiger partial charge in [-0.15, -0.1) is 5.10 Å². The van der Waals surface area contributed by atoms with Crippen molar-refractivity contribution >= 4 is 22.5 Å². The quantitative estimate of drug-likeness (QED) is 0.764. The Kier molecular flexibility index (Phi) is 4.52. The van der Waals surface area contributed by atoms with Gasteiger partial charge in [-0.2, -0.15) is 5.10 Å². The minimum atomic E-state index is -0.416. The number of piperidine rings is 1. The average molecular weight is 360 g/mol. The lowest BCUT2D eigenvalue weighted by Crippen LogP contribution is -2.38. The van der Waals surface area contributed by atoms with Crippen molar-refractivity contribution in [3.05, 3.63) is 53.7 Å². The van der Waals surface area contributed by atoms with Gasteiger partial charge in [0.2, 0.25) is 5.91 Å². The number of amides is 1. The van der Waals surface area contributed by atoms with Gasteiger partial charge in [0.15, 0.2) is 5.82 Å². The number of carbonyl (C=O) groups is 1. The predicted octanol–water partition coefficient (Wildman–Crippen LogP) is 4.08. The topological polar surface area (TPSA) is 72.1 Å². The summed E-state index contributed by atoms with van der Waals surface area (Å²) in [5.41, 5.74) is 8.86. The monoisotopic (exact) mass is 360 g/mol. The minimum Gasteiger partial charge on any atom is -0.366 e. The van der Waals surface area contributed by atoms with Crippen molar-refractivity contribution in [1.82, 2.24) is 10.2 Å². The van der Waals surface area contributed by atoms with Crippen molar-refractivity contribution in [2.24, 2.45) is 5.73 Å². The molecule has 0 saturated carbocycles. The summed E-state index contributed by atoms with van der Waals surface area (Å²) in [4.78, 5) is 13.9. The molecule has 2 aromatic carbocycles. The third-order valence-corrected chi connectivity index (χ3v) is 5.50. The third-order valence-electron chi connectivity index (χ3n) is 5.50. The molecule has 3 aromatic rings. The first kappa shape index (κ1) is 17.5. The number of carbonyl (C=O) groups excluding carboxylic acids is 1. The van der Waals surface area contributed by atoms with E-state index in [2.05, 4.69) is 40.2 Å². The Hall–Kier alpha value is -2.95. The van der Waals surface area contributed by atoms with Crippen LogP contribution in [0.4, 0.5) is 5.82 Å². The van der Waals surface area contributed by atoms with Crippen molar-refractivity contribution in [2.75, 3.05) is 11.4 Å². The number of hydrogen-bond acceptors (Lipinski definition) is 4. The summed E-state index contributed by atoms with van der Waals surface area (Å²) in [7, 11) is 0. The van der Waals surface area contributed by atoms with E-state index in [-0.39, 0.29) is 0 Å². The van der Waals surface area contributed by atoms with Crippen LogP contribution in [0.5, 0.6) is 0 Å². The van der Waals surface area contributed by atoms with Gasteiger partial charge in [-0.25, -0.2) is 0 Å². The molecule has 5 nitrogen and oxygen atoms in total. The second-order valence-corrected chi connectivity index (χ2v) is 7.35. The number of anilines is 1. The molecule has 0 bridgehead atoms. The minimum absolute atomic E-state index is 0.416. The Morgan fingerprint density at radius 3 is 2.67 bits per heavy atom. The highest BCUT2D eigenvalue weighted by atomic mass is 16.1. The Morgan fingerprint density at radius 1 is 1.07 bits per heavy atom. The predicted molar refractivity (Wildman–Crippen MR) is 109 cm³/mol. The average Bonchev–Trinajstić information content (AvgIpc) is 2.69. The van der Waals surface area contributed by atoms with Crippen LogP contribution in [0.1, 0.15) is 42.2 Å². The number of nitrogens with two attached hydrogens (primary N) is 1. The van der Waals surface area contributed by atoms with E-state index >= 15 is 0 Å². The molecule has 1 fully saturated rings. The lowest BCUT2D eigenvalue weighted by molar-refractivity contribution is 0.100. The zero-order chi connectivity index (χ0) is 19.0. The van der Waals surface area contributed by atoms with Gasteiger partial charge in [0.1, 0.15) is 0 Å². The van der Waals surface area contributed by atoms with E-state index in [1.54, 1.807) is 6.07 Å². The fourth-order valence-electron chi connectivity index (χ4n) is 3.93. The summed E-state index contributed by atoms with van der Waals surface area (Å²) in [5, 5.41) is 11.2. The molecule has 2 heterocycles. The molecule has 1 amide bonds. The number of rotatable bonds is 3. The van der Waals surface area contributed by atoms with Crippen LogP contribution in [0.15, 0.2) is 42.5 Å². The molecule has 1 atom stereocenters. The van der Waals surface area contributed by atoms with Crippen LogP contribution in [-0.2, 0) is 0 Å². The number of benzene rings is 2. The normalized spacial score (nSPS) is 17.3. The van der Waals surface area contributed by atoms with E-state index in [1.165, 1.54) is 19.3 Å². The first-order valence-corrected chi connectivity index (χ1v) is 9.48. The number of aromatic nitrogens is 2. The van der Waals surface area contributed by atoms with Crippen LogP contribution < -0.4 is 10.6 Å². The number of aryl methyl sites for hydroxylation is 1. The smallest absolute Gasteiger partial charge is 0.248 e. The SMILES string of the molecule is Cc1nnc(N2CCCC[C@H]2C)c2ccc(-c3cccc(C(N)=O)c3)cc12. The molecule has 0 spiro atoms. The van der Waals surface area contributed by atoms with Gasteiger partial charge in [0, 0.05) is 28.9 Å². The Bertz CT molecular complexity index is 1010. The highest BCUT2D eigenvalue weighted by Gasteiger charge is 2.22. The maximum absolute atomic E-state index is 11.5. The number of nitrogens with zero attached hydrogens (tertiary/aromatic N) is 3. The summed E-state index contributed by atoms with van der Waals surface area (Å²) >= 11 is 0. The first-order valence-electron chi connectivity index (χ1n) is 9.48. The first-order chi connectivity index (χ1) is 13.0. The lowest BCUT2D eigenvalue weighted by Gasteiger charge is -2.34. The Morgan fingerprint density at radius 2 is 1.89 bits per heavy atom. The fourth-order valence-corrected chi connectivity index (χ4v) is 3.93. The van der Waals surface area contributed by atoms with E-state index in [4.69, 9.17) is 5.73 Å². The van der Waals surface area contributed by atoms with Crippen molar-refractivity contribution in [2.45, 2.75) is 39.2 Å². The second-order valence-electron chi connectivity index (χ2n) is 7.35. The fraction of sp³-hybridized carbons (Fsp3) is 0.318. The molecule has 27 heavy (non-hydrogen) atoms. The van der Waals surface area contributed by atoms with Gasteiger partial charge >= 0.3 is 0 Å². The van der Waals surface area contributed by atoms with E-state index in [0.717, 1.165) is 40.0 Å². The van der Waals surface area contributed by atoms with Gasteiger partial charge in [-0.1, -0.05) is 18.2 Å². The summed E-state index contributed by atoms with van der Waals surface area (Å²) < 4.78 is 0. The molecule has 138 valence electrons. The van der Waals surface area contributed by atoms with Crippen LogP contribution >= 0.6 is 0 Å². The molecule has 5 heteroatoms. The van der Waals surface area contributed by atoms with Crippen LogP contribution in [0.3, 0.4) is 0 Å². The summed E-state index contributed by atoms with van der Waals surface area (Å²) in [6.07, 6.45) is 3.66. The molecule has 4 rings (SSSR count). The zero-order valence-electron chi connectivity index (χ0n) is 15.8. The highest BCUT2D eigenvalue weighted by molar-refractivity contribution is 5.97. The molecular weight excluding hydrogens is 336 g/mol. The van der Waals surface area contributed by atoms with Crippen LogP contribution in [-0.4, -0.2) is 28.7 Å². The molecule has 1 saturated heterocycles. The van der Waals surface area contributed by atoms with Gasteiger partial charge in [0.05, 0.1) is 5.69 Å². The lowest BCUT2D eigenvalue weighted by atomic mass is 9.98. The molecule has 1 aliphatic rings. The third kappa shape index (κ3) is 3.25. The van der Waals surface area contributed by atoms with Crippen molar-refractivity contribution in [1.29, 1.82) is 0 Å². The number of fused-ring (bicyclic) bond motifs is 1. The molecular formula is C22H24N4O. The largest absolute Gasteiger partial charge is 0.366 e. The Labute approximate surface area is 159 Å². The molecule has 0 aliphatic carbocycles. The molecule has 1 aliphatic heterocycles. The van der Waals surface area contributed by atoms with E-state index in [9.17, 15) is 4.79 Å². The van der Waals surface area contributed by atoms with Crippen molar-refractivity contribution in [3.63, 3.8) is 0 Å². The van der Waals surface area contributed by atoms with Crippen molar-refractivity contribution in [3.8, 4) is 11.1 Å². The molecule has 1 aromatic heterocycles. The summed E-state index contributed by atoms with van der Waals surface area (Å²) in [6.45, 7) is 5.27. The number of primary amides is 1. The zero-order valence-corrected chi connectivity index (χ0v) is 15.8. The Balaban J connectivity index is 1.82. The van der Waals surface area contributed by atoms with E-state index in [0.29, 0.717) is 11.6 Å². The summed E-state index contributed by atoms with van der Waals surface area (Å²) in [6, 6.07) is 14.2. The van der Waals surface area contributed by atoms with Gasteiger partial charge < -0.3 is 10.6 Å². The molecule has 0 unspecified atom stereocenters. The van der Waals surface area contributed by atoms with Gasteiger partial charge in [0.25, 0.3) is 0 Å². The molecule has 0 radical (unpaired) electrons. The van der Waals surface area contributed by atoms with Crippen LogP contribution in [0.2, 0.25) is 0 Å². The van der Waals surface area contributed by atoms with E-state index in [1.807, 2.05) is 25.1 Å². The maximum atomic E-state index is 11.5. The maximum Gasteiger partial charge on any atom is 0.248 e. The summed E-state index contributed by atoms with van der Waals surface area (Å²) in [5.74, 6) is 0.557.